The van der Waals surface area contributed by atoms with E-state index in [9.17, 15) is 9.59 Å². The van der Waals surface area contributed by atoms with Gasteiger partial charge in [0, 0.05) is 10.6 Å². The molecule has 3 N–H and O–H groups in total. The summed E-state index contributed by atoms with van der Waals surface area (Å²) in [6, 6.07) is 17.0. The van der Waals surface area contributed by atoms with Crippen molar-refractivity contribution in [2.75, 3.05) is 11.9 Å². The van der Waals surface area contributed by atoms with Gasteiger partial charge in [-0.3, -0.25) is 4.79 Å². The van der Waals surface area contributed by atoms with Crippen LogP contribution in [0.2, 0.25) is 0 Å². The lowest BCUT2D eigenvalue weighted by Crippen LogP contribution is -2.11. The third-order valence-electron chi connectivity index (χ3n) is 4.04. The maximum atomic E-state index is 12.8. The van der Waals surface area contributed by atoms with E-state index in [1.807, 2.05) is 43.3 Å². The highest BCUT2D eigenvalue weighted by Crippen LogP contribution is 2.36. The van der Waals surface area contributed by atoms with Crippen molar-refractivity contribution in [1.29, 1.82) is 0 Å². The number of hydrogen-bond donors (Lipinski definition) is 3. The SMILES string of the molecule is CCOc1cc(-c2ccccc2)sc1C(=O)Nc1ccc2[nH]c(=O)[nH]c2c1. The van der Waals surface area contributed by atoms with Crippen molar-refractivity contribution in [3.05, 3.63) is 70.0 Å². The normalized spacial score (nSPS) is 10.9. The van der Waals surface area contributed by atoms with Crippen LogP contribution in [0.3, 0.4) is 0 Å². The number of ether oxygens (including phenoxy) is 1. The van der Waals surface area contributed by atoms with Crippen molar-refractivity contribution in [3.63, 3.8) is 0 Å². The van der Waals surface area contributed by atoms with Gasteiger partial charge in [-0.1, -0.05) is 30.3 Å². The number of aromatic amines is 2. The van der Waals surface area contributed by atoms with Gasteiger partial charge in [-0.15, -0.1) is 11.3 Å². The first-order chi connectivity index (χ1) is 13.1. The summed E-state index contributed by atoms with van der Waals surface area (Å²) in [7, 11) is 0. The van der Waals surface area contributed by atoms with E-state index in [2.05, 4.69) is 15.3 Å². The first kappa shape index (κ1) is 17.1. The maximum Gasteiger partial charge on any atom is 0.323 e. The molecule has 4 aromatic rings. The van der Waals surface area contributed by atoms with Gasteiger partial charge in [-0.2, -0.15) is 0 Å². The summed E-state index contributed by atoms with van der Waals surface area (Å²) >= 11 is 1.39. The van der Waals surface area contributed by atoms with Crippen LogP contribution in [0.5, 0.6) is 5.75 Å². The molecule has 0 unspecified atom stereocenters. The Morgan fingerprint density at radius 3 is 2.63 bits per heavy atom. The van der Waals surface area contributed by atoms with Crippen LogP contribution >= 0.6 is 11.3 Å². The molecule has 2 aromatic heterocycles. The second kappa shape index (κ2) is 7.13. The molecule has 0 atom stereocenters. The summed E-state index contributed by atoms with van der Waals surface area (Å²) in [5.41, 5.74) is 2.68. The standard InChI is InChI=1S/C20H17N3O3S/c1-2-26-16-11-17(12-6-4-3-5-7-12)27-18(16)19(24)21-13-8-9-14-15(10-13)23-20(25)22-14/h3-11H,2H2,1H3,(H,21,24)(H2,22,23,25). The fourth-order valence-electron chi connectivity index (χ4n) is 2.84. The molecular weight excluding hydrogens is 362 g/mol. The average Bonchev–Trinajstić information content (AvgIpc) is 3.25. The zero-order valence-corrected chi connectivity index (χ0v) is 15.4. The summed E-state index contributed by atoms with van der Waals surface area (Å²) in [5.74, 6) is 0.317. The zero-order chi connectivity index (χ0) is 18.8. The molecule has 0 saturated heterocycles. The van der Waals surface area contributed by atoms with Gasteiger partial charge in [0.25, 0.3) is 5.91 Å². The van der Waals surface area contributed by atoms with E-state index in [-0.39, 0.29) is 11.6 Å². The molecule has 27 heavy (non-hydrogen) atoms. The number of thiophene rings is 1. The predicted octanol–water partition coefficient (Wildman–Crippen LogP) is 4.24. The zero-order valence-electron chi connectivity index (χ0n) is 14.5. The fourth-order valence-corrected chi connectivity index (χ4v) is 3.84. The molecule has 1 amide bonds. The largest absolute Gasteiger partial charge is 0.492 e. The van der Waals surface area contributed by atoms with E-state index in [1.54, 1.807) is 18.2 Å². The topological polar surface area (TPSA) is 87.0 Å². The first-order valence-corrected chi connectivity index (χ1v) is 9.31. The summed E-state index contributed by atoms with van der Waals surface area (Å²) < 4.78 is 5.67. The van der Waals surface area contributed by atoms with E-state index < -0.39 is 0 Å². The number of amides is 1. The van der Waals surface area contributed by atoms with Crippen LogP contribution in [-0.2, 0) is 0 Å². The van der Waals surface area contributed by atoms with Crippen molar-refractivity contribution in [2.45, 2.75) is 6.92 Å². The number of carbonyl (C=O) groups excluding carboxylic acids is 1. The minimum absolute atomic E-state index is 0.247. The van der Waals surface area contributed by atoms with Crippen molar-refractivity contribution in [1.82, 2.24) is 9.97 Å². The van der Waals surface area contributed by atoms with Crippen LogP contribution in [0.15, 0.2) is 59.4 Å². The molecule has 0 saturated carbocycles. The predicted molar refractivity (Wildman–Crippen MR) is 108 cm³/mol. The molecule has 4 rings (SSSR count). The van der Waals surface area contributed by atoms with E-state index in [0.717, 1.165) is 10.4 Å². The first-order valence-electron chi connectivity index (χ1n) is 8.49. The highest BCUT2D eigenvalue weighted by Gasteiger charge is 2.19. The minimum Gasteiger partial charge on any atom is -0.492 e. The number of carbonyl (C=O) groups is 1. The van der Waals surface area contributed by atoms with Crippen LogP contribution in [0.4, 0.5) is 5.69 Å². The molecule has 136 valence electrons. The number of fused-ring (bicyclic) bond motifs is 1. The number of rotatable bonds is 5. The molecule has 2 heterocycles. The van der Waals surface area contributed by atoms with Crippen molar-refractivity contribution < 1.29 is 9.53 Å². The van der Waals surface area contributed by atoms with Crippen LogP contribution < -0.4 is 15.7 Å². The highest BCUT2D eigenvalue weighted by molar-refractivity contribution is 7.17. The van der Waals surface area contributed by atoms with Gasteiger partial charge in [0.2, 0.25) is 0 Å². The van der Waals surface area contributed by atoms with Crippen LogP contribution in [0.25, 0.3) is 21.5 Å². The fraction of sp³-hybridized carbons (Fsp3) is 0.100. The van der Waals surface area contributed by atoms with Crippen LogP contribution in [0.1, 0.15) is 16.6 Å². The van der Waals surface area contributed by atoms with Gasteiger partial charge in [0.15, 0.2) is 0 Å². The second-order valence-corrected chi connectivity index (χ2v) is 6.95. The van der Waals surface area contributed by atoms with Gasteiger partial charge in [-0.25, -0.2) is 4.79 Å². The lowest BCUT2D eigenvalue weighted by Gasteiger charge is -2.06. The number of anilines is 1. The van der Waals surface area contributed by atoms with E-state index in [0.29, 0.717) is 34.0 Å². The Morgan fingerprint density at radius 2 is 1.85 bits per heavy atom. The van der Waals surface area contributed by atoms with Gasteiger partial charge in [0.05, 0.1) is 17.6 Å². The molecule has 7 heteroatoms. The highest BCUT2D eigenvalue weighted by atomic mass is 32.1. The summed E-state index contributed by atoms with van der Waals surface area (Å²) in [4.78, 5) is 31.1. The van der Waals surface area contributed by atoms with Gasteiger partial charge in [0.1, 0.15) is 10.6 Å². The van der Waals surface area contributed by atoms with E-state index >= 15 is 0 Å². The molecule has 0 aliphatic carbocycles. The number of hydrogen-bond acceptors (Lipinski definition) is 4. The van der Waals surface area contributed by atoms with Gasteiger partial charge < -0.3 is 20.0 Å². The van der Waals surface area contributed by atoms with Crippen molar-refractivity contribution >= 4 is 34.0 Å². The Labute approximate surface area is 158 Å². The Morgan fingerprint density at radius 1 is 1.07 bits per heavy atom. The summed E-state index contributed by atoms with van der Waals surface area (Å²) in [6.07, 6.45) is 0. The minimum atomic E-state index is -0.280. The molecule has 0 aliphatic rings. The number of H-pyrrole nitrogens is 2. The third-order valence-corrected chi connectivity index (χ3v) is 5.20. The summed E-state index contributed by atoms with van der Waals surface area (Å²) in [6.45, 7) is 2.36. The second-order valence-electron chi connectivity index (χ2n) is 5.90. The number of nitrogens with one attached hydrogen (secondary N) is 3. The number of benzene rings is 2. The molecule has 0 bridgehead atoms. The van der Waals surface area contributed by atoms with Crippen LogP contribution in [0, 0.1) is 0 Å². The van der Waals surface area contributed by atoms with Gasteiger partial charge >= 0.3 is 5.69 Å². The van der Waals surface area contributed by atoms with Gasteiger partial charge in [-0.05, 0) is 36.8 Å². The molecule has 0 spiro atoms. The Bertz CT molecular complexity index is 1160. The maximum absolute atomic E-state index is 12.8. The number of imidazole rings is 1. The van der Waals surface area contributed by atoms with E-state index in [1.165, 1.54) is 11.3 Å². The number of aromatic nitrogens is 2. The monoisotopic (exact) mass is 379 g/mol. The average molecular weight is 379 g/mol. The Kier molecular flexibility index (Phi) is 4.52. The van der Waals surface area contributed by atoms with Crippen LogP contribution in [-0.4, -0.2) is 22.5 Å². The lowest BCUT2D eigenvalue weighted by molar-refractivity contribution is 0.102. The smallest absolute Gasteiger partial charge is 0.323 e. The molecule has 6 nitrogen and oxygen atoms in total. The third kappa shape index (κ3) is 3.50. The molecule has 0 fully saturated rings. The van der Waals surface area contributed by atoms with E-state index in [4.69, 9.17) is 4.74 Å². The van der Waals surface area contributed by atoms with Crippen molar-refractivity contribution in [2.24, 2.45) is 0 Å². The Hall–Kier alpha value is -3.32. The molecule has 0 aliphatic heterocycles. The molecular formula is C20H17N3O3S. The lowest BCUT2D eigenvalue weighted by atomic mass is 10.2. The summed E-state index contributed by atoms with van der Waals surface area (Å²) in [5, 5.41) is 2.88. The van der Waals surface area contributed by atoms with Crippen molar-refractivity contribution in [3.8, 4) is 16.2 Å². The Balaban J connectivity index is 1.65. The quantitative estimate of drug-likeness (QED) is 0.485. The molecule has 2 aromatic carbocycles. The molecule has 0 radical (unpaired) electrons.